The van der Waals surface area contributed by atoms with Crippen LogP contribution in [0.4, 0.5) is 18.0 Å². The number of fused-ring (bicyclic) bond motifs is 3. The van der Waals surface area contributed by atoms with Gasteiger partial charge in [0.25, 0.3) is 0 Å². The summed E-state index contributed by atoms with van der Waals surface area (Å²) in [6.07, 6.45) is -9.06. The number of aliphatic carboxylic acids is 1. The van der Waals surface area contributed by atoms with Crippen LogP contribution in [0.1, 0.15) is 29.9 Å². The average Bonchev–Trinajstić information content (AvgIpc) is 3.13. The third-order valence-corrected chi connectivity index (χ3v) is 5.78. The Morgan fingerprint density at radius 2 is 1.54 bits per heavy atom. The quantitative estimate of drug-likeness (QED) is 0.403. The molecule has 0 saturated heterocycles. The van der Waals surface area contributed by atoms with Crippen molar-refractivity contribution in [2.75, 3.05) is 19.7 Å². The SMILES string of the molecule is O=C(CC(CCNC(=O)OCC1c2ccccc2-c2ccccc21)C(F)(F)F)NCC(O)C(=O)O. The van der Waals surface area contributed by atoms with Gasteiger partial charge in [-0.05, 0) is 28.7 Å². The summed E-state index contributed by atoms with van der Waals surface area (Å²) in [5, 5.41) is 21.9. The van der Waals surface area contributed by atoms with Crippen LogP contribution >= 0.6 is 0 Å². The van der Waals surface area contributed by atoms with E-state index in [1.165, 1.54) is 0 Å². The number of amides is 2. The van der Waals surface area contributed by atoms with Gasteiger partial charge in [0.2, 0.25) is 5.91 Å². The molecule has 0 fully saturated rings. The molecule has 11 heteroatoms. The lowest BCUT2D eigenvalue weighted by Gasteiger charge is -2.20. The van der Waals surface area contributed by atoms with Crippen LogP contribution in [0, 0.1) is 5.92 Å². The number of carboxylic acids is 1. The summed E-state index contributed by atoms with van der Waals surface area (Å²) in [5.41, 5.74) is 4.08. The van der Waals surface area contributed by atoms with E-state index in [0.29, 0.717) is 0 Å². The molecule has 1 aliphatic carbocycles. The van der Waals surface area contributed by atoms with Crippen LogP contribution in [0.15, 0.2) is 48.5 Å². The molecular weight excluding hydrogens is 469 g/mol. The number of halogens is 3. The number of carboxylic acid groups (broad SMARTS) is 1. The van der Waals surface area contributed by atoms with E-state index in [1.807, 2.05) is 53.8 Å². The predicted molar refractivity (Wildman–Crippen MR) is 119 cm³/mol. The number of carbonyl (C=O) groups excluding carboxylic acids is 2. The van der Waals surface area contributed by atoms with Gasteiger partial charge in [0.05, 0.1) is 12.5 Å². The van der Waals surface area contributed by atoms with Gasteiger partial charge in [-0.3, -0.25) is 4.79 Å². The van der Waals surface area contributed by atoms with Gasteiger partial charge in [-0.1, -0.05) is 48.5 Å². The van der Waals surface area contributed by atoms with E-state index in [0.717, 1.165) is 22.3 Å². The number of nitrogens with one attached hydrogen (secondary N) is 2. The van der Waals surface area contributed by atoms with Crippen LogP contribution in [0.25, 0.3) is 11.1 Å². The molecule has 0 heterocycles. The molecule has 1 aliphatic rings. The molecule has 0 spiro atoms. The maximum Gasteiger partial charge on any atom is 0.407 e. The highest BCUT2D eigenvalue weighted by Gasteiger charge is 2.40. The molecule has 0 saturated carbocycles. The monoisotopic (exact) mass is 494 g/mol. The van der Waals surface area contributed by atoms with Crippen molar-refractivity contribution in [3.05, 3.63) is 59.7 Å². The second-order valence-electron chi connectivity index (χ2n) is 8.14. The van der Waals surface area contributed by atoms with Crippen molar-refractivity contribution in [2.45, 2.75) is 31.0 Å². The van der Waals surface area contributed by atoms with Gasteiger partial charge in [-0.2, -0.15) is 13.2 Å². The van der Waals surface area contributed by atoms with Crippen LogP contribution in [-0.4, -0.2) is 60.2 Å². The third kappa shape index (κ3) is 6.72. The highest BCUT2D eigenvalue weighted by Crippen LogP contribution is 2.44. The first-order valence-corrected chi connectivity index (χ1v) is 10.9. The number of alkyl halides is 3. The van der Waals surface area contributed by atoms with Crippen molar-refractivity contribution in [1.29, 1.82) is 0 Å². The molecule has 2 amide bonds. The fourth-order valence-electron chi connectivity index (χ4n) is 3.97. The summed E-state index contributed by atoms with van der Waals surface area (Å²) < 4.78 is 45.2. The van der Waals surface area contributed by atoms with Crippen LogP contribution in [-0.2, 0) is 14.3 Å². The fourth-order valence-corrected chi connectivity index (χ4v) is 3.97. The fraction of sp³-hybridized carbons (Fsp3) is 0.375. The zero-order valence-electron chi connectivity index (χ0n) is 18.5. The Labute approximate surface area is 199 Å². The van der Waals surface area contributed by atoms with E-state index in [-0.39, 0.29) is 19.1 Å². The molecule has 2 aromatic carbocycles. The summed E-state index contributed by atoms with van der Waals surface area (Å²) in [7, 11) is 0. The van der Waals surface area contributed by atoms with Gasteiger partial charge in [0.1, 0.15) is 6.61 Å². The molecule has 188 valence electrons. The first-order chi connectivity index (χ1) is 16.6. The molecule has 0 aliphatic heterocycles. The molecule has 4 N–H and O–H groups in total. The second-order valence-corrected chi connectivity index (χ2v) is 8.14. The van der Waals surface area contributed by atoms with E-state index in [1.54, 1.807) is 0 Å². The maximum absolute atomic E-state index is 13.3. The minimum Gasteiger partial charge on any atom is -0.479 e. The summed E-state index contributed by atoms with van der Waals surface area (Å²) >= 11 is 0. The molecule has 2 atom stereocenters. The summed E-state index contributed by atoms with van der Waals surface area (Å²) in [4.78, 5) is 34.4. The topological polar surface area (TPSA) is 125 Å². The van der Waals surface area contributed by atoms with Crippen molar-refractivity contribution >= 4 is 18.0 Å². The Morgan fingerprint density at radius 1 is 0.971 bits per heavy atom. The highest BCUT2D eigenvalue weighted by molar-refractivity contribution is 5.79. The Balaban J connectivity index is 1.49. The number of rotatable bonds is 10. The van der Waals surface area contributed by atoms with Crippen molar-refractivity contribution < 1.29 is 42.5 Å². The summed E-state index contributed by atoms with van der Waals surface area (Å²) in [5.74, 6) is -4.93. The number of carbonyl (C=O) groups is 3. The number of hydrogen-bond acceptors (Lipinski definition) is 5. The molecule has 35 heavy (non-hydrogen) atoms. The number of benzene rings is 2. The molecule has 0 aromatic heterocycles. The van der Waals surface area contributed by atoms with Gasteiger partial charge in [-0.25, -0.2) is 9.59 Å². The molecular formula is C24H25F3N2O6. The number of alkyl carbamates (subject to hydrolysis) is 1. The third-order valence-electron chi connectivity index (χ3n) is 5.78. The zero-order chi connectivity index (χ0) is 25.6. The summed E-state index contributed by atoms with van der Waals surface area (Å²) in [6.45, 7) is -1.08. The zero-order valence-corrected chi connectivity index (χ0v) is 18.5. The predicted octanol–water partition coefficient (Wildman–Crippen LogP) is 3.05. The largest absolute Gasteiger partial charge is 0.479 e. The van der Waals surface area contributed by atoms with Crippen molar-refractivity contribution in [1.82, 2.24) is 10.6 Å². The number of aliphatic hydroxyl groups is 1. The molecule has 8 nitrogen and oxygen atoms in total. The molecule has 3 rings (SSSR count). The van der Waals surface area contributed by atoms with Gasteiger partial charge in [-0.15, -0.1) is 0 Å². The highest BCUT2D eigenvalue weighted by atomic mass is 19.4. The number of aliphatic hydroxyl groups excluding tert-OH is 1. The lowest BCUT2D eigenvalue weighted by molar-refractivity contribution is -0.180. The van der Waals surface area contributed by atoms with E-state index in [4.69, 9.17) is 14.9 Å². The first-order valence-electron chi connectivity index (χ1n) is 10.9. The minimum atomic E-state index is -4.72. The molecule has 2 unspecified atom stereocenters. The number of hydrogen-bond donors (Lipinski definition) is 4. The lowest BCUT2D eigenvalue weighted by atomic mass is 9.98. The van der Waals surface area contributed by atoms with E-state index in [2.05, 4.69) is 5.32 Å². The summed E-state index contributed by atoms with van der Waals surface area (Å²) in [6, 6.07) is 15.4. The van der Waals surface area contributed by atoms with Gasteiger partial charge in [0, 0.05) is 18.9 Å². The smallest absolute Gasteiger partial charge is 0.407 e. The van der Waals surface area contributed by atoms with E-state index >= 15 is 0 Å². The van der Waals surface area contributed by atoms with Crippen LogP contribution < -0.4 is 10.6 Å². The Morgan fingerprint density at radius 3 is 2.09 bits per heavy atom. The van der Waals surface area contributed by atoms with Crippen LogP contribution in [0.5, 0.6) is 0 Å². The Kier molecular flexibility index (Phi) is 8.34. The van der Waals surface area contributed by atoms with E-state index in [9.17, 15) is 27.6 Å². The van der Waals surface area contributed by atoms with Crippen LogP contribution in [0.2, 0.25) is 0 Å². The normalized spacial score (nSPS) is 14.4. The van der Waals surface area contributed by atoms with Gasteiger partial charge < -0.3 is 25.6 Å². The standard InChI is InChI=1S/C24H25F3N2O6/c25-24(26,27)14(11-21(31)29-12-20(30)22(32)33)9-10-28-23(34)35-13-19-17-7-3-1-5-15(17)16-6-2-4-8-18(16)19/h1-8,14,19-20,30H,9-13H2,(H,28,34)(H,29,31)(H,32,33). The van der Waals surface area contributed by atoms with Crippen molar-refractivity contribution in [3.63, 3.8) is 0 Å². The number of ether oxygens (including phenoxy) is 1. The first kappa shape index (κ1) is 26.0. The van der Waals surface area contributed by atoms with E-state index < -0.39 is 55.6 Å². The van der Waals surface area contributed by atoms with Crippen molar-refractivity contribution in [2.24, 2.45) is 5.92 Å². The Hall–Kier alpha value is -3.60. The van der Waals surface area contributed by atoms with Crippen LogP contribution in [0.3, 0.4) is 0 Å². The van der Waals surface area contributed by atoms with Crippen molar-refractivity contribution in [3.8, 4) is 11.1 Å². The second kappa shape index (κ2) is 11.2. The van der Waals surface area contributed by atoms with Gasteiger partial charge >= 0.3 is 18.2 Å². The molecule has 0 radical (unpaired) electrons. The molecule has 0 bridgehead atoms. The Bertz CT molecular complexity index is 1030. The maximum atomic E-state index is 13.3. The average molecular weight is 494 g/mol. The minimum absolute atomic E-state index is 0.0108. The van der Waals surface area contributed by atoms with Gasteiger partial charge in [0.15, 0.2) is 6.10 Å². The molecule has 2 aromatic rings. The lowest BCUT2D eigenvalue weighted by Crippen LogP contribution is -2.39.